The molecule has 0 spiro atoms. The van der Waals surface area contributed by atoms with Crippen molar-refractivity contribution in [1.82, 2.24) is 5.32 Å². The van der Waals surface area contributed by atoms with Crippen molar-refractivity contribution in [3.63, 3.8) is 0 Å². The van der Waals surface area contributed by atoms with E-state index >= 15 is 0 Å². The lowest BCUT2D eigenvalue weighted by molar-refractivity contribution is 0.262. The zero-order chi connectivity index (χ0) is 12.6. The number of nitrogens with two attached hydrogens (primary N) is 1. The lowest BCUT2D eigenvalue weighted by Crippen LogP contribution is -2.53. The molecule has 0 fully saturated rings. The van der Waals surface area contributed by atoms with E-state index in [2.05, 4.69) is 36.5 Å². The number of hydrogen-bond acceptors (Lipinski definition) is 3. The first-order valence-electron chi connectivity index (χ1n) is 6.36. The molecule has 0 aliphatic carbocycles. The summed E-state index contributed by atoms with van der Waals surface area (Å²) in [6, 6.07) is 10.4. The van der Waals surface area contributed by atoms with Gasteiger partial charge in [-0.1, -0.05) is 37.3 Å². The number of aliphatic hydroxyl groups is 1. The molecule has 0 saturated heterocycles. The third kappa shape index (κ3) is 4.46. The van der Waals surface area contributed by atoms with Crippen molar-refractivity contribution >= 4 is 0 Å². The van der Waals surface area contributed by atoms with Gasteiger partial charge in [0.05, 0.1) is 0 Å². The Morgan fingerprint density at radius 3 is 2.53 bits per heavy atom. The average Bonchev–Trinajstić information content (AvgIpc) is 2.39. The topological polar surface area (TPSA) is 58.3 Å². The van der Waals surface area contributed by atoms with Gasteiger partial charge in [0.2, 0.25) is 0 Å². The maximum atomic E-state index is 8.83. The van der Waals surface area contributed by atoms with Crippen molar-refractivity contribution < 1.29 is 5.11 Å². The number of rotatable bonds is 8. The third-order valence-corrected chi connectivity index (χ3v) is 3.29. The molecule has 0 radical (unpaired) electrons. The summed E-state index contributed by atoms with van der Waals surface area (Å²) >= 11 is 0. The zero-order valence-corrected chi connectivity index (χ0v) is 10.7. The molecule has 1 rings (SSSR count). The highest BCUT2D eigenvalue weighted by Crippen LogP contribution is 2.16. The Balaban J connectivity index is 2.63. The fourth-order valence-electron chi connectivity index (χ4n) is 2.02. The van der Waals surface area contributed by atoms with Crippen molar-refractivity contribution in [2.75, 3.05) is 19.7 Å². The van der Waals surface area contributed by atoms with Gasteiger partial charge >= 0.3 is 0 Å². The van der Waals surface area contributed by atoms with Crippen LogP contribution in [0, 0.1) is 0 Å². The van der Waals surface area contributed by atoms with Crippen LogP contribution in [-0.4, -0.2) is 30.3 Å². The third-order valence-electron chi connectivity index (χ3n) is 3.29. The van der Waals surface area contributed by atoms with Crippen LogP contribution in [0.1, 0.15) is 25.3 Å². The SMILES string of the molecule is CCC(CN)(Cc1ccccc1)NCCCO. The zero-order valence-electron chi connectivity index (χ0n) is 10.7. The van der Waals surface area contributed by atoms with E-state index in [1.54, 1.807) is 0 Å². The Morgan fingerprint density at radius 1 is 1.29 bits per heavy atom. The predicted octanol–water partition coefficient (Wildman–Crippen LogP) is 1.31. The van der Waals surface area contributed by atoms with Gasteiger partial charge in [-0.05, 0) is 31.4 Å². The first kappa shape index (κ1) is 14.2. The lowest BCUT2D eigenvalue weighted by Gasteiger charge is -2.33. The minimum absolute atomic E-state index is 0.0451. The van der Waals surface area contributed by atoms with Crippen LogP contribution in [0.5, 0.6) is 0 Å². The summed E-state index contributed by atoms with van der Waals surface area (Å²) in [7, 11) is 0. The lowest BCUT2D eigenvalue weighted by atomic mass is 9.88. The van der Waals surface area contributed by atoms with E-state index < -0.39 is 0 Å². The van der Waals surface area contributed by atoms with E-state index in [0.717, 1.165) is 25.8 Å². The molecule has 0 saturated carbocycles. The van der Waals surface area contributed by atoms with Gasteiger partial charge in [0, 0.05) is 18.7 Å². The molecule has 0 heterocycles. The van der Waals surface area contributed by atoms with E-state index in [1.807, 2.05) is 6.07 Å². The normalized spacial score (nSPS) is 14.5. The molecule has 3 heteroatoms. The van der Waals surface area contributed by atoms with Crippen LogP contribution in [0.15, 0.2) is 30.3 Å². The summed E-state index contributed by atoms with van der Waals surface area (Å²) < 4.78 is 0. The van der Waals surface area contributed by atoms with E-state index in [0.29, 0.717) is 6.54 Å². The van der Waals surface area contributed by atoms with E-state index in [9.17, 15) is 0 Å². The Bertz CT molecular complexity index is 296. The molecule has 17 heavy (non-hydrogen) atoms. The fourth-order valence-corrected chi connectivity index (χ4v) is 2.02. The second kappa shape index (κ2) is 7.43. The molecule has 1 aromatic rings. The van der Waals surface area contributed by atoms with Crippen LogP contribution >= 0.6 is 0 Å². The maximum Gasteiger partial charge on any atom is 0.0443 e. The van der Waals surface area contributed by atoms with E-state index in [1.165, 1.54) is 5.56 Å². The van der Waals surface area contributed by atoms with Crippen LogP contribution in [0.25, 0.3) is 0 Å². The van der Waals surface area contributed by atoms with Gasteiger partial charge in [0.1, 0.15) is 0 Å². The average molecular weight is 236 g/mol. The van der Waals surface area contributed by atoms with Crippen molar-refractivity contribution in [3.05, 3.63) is 35.9 Å². The van der Waals surface area contributed by atoms with Crippen molar-refractivity contribution in [1.29, 1.82) is 0 Å². The Morgan fingerprint density at radius 2 is 2.00 bits per heavy atom. The summed E-state index contributed by atoms with van der Waals surface area (Å²) in [6.07, 6.45) is 2.70. The van der Waals surface area contributed by atoms with Gasteiger partial charge in [0.25, 0.3) is 0 Å². The summed E-state index contributed by atoms with van der Waals surface area (Å²) in [5.74, 6) is 0. The molecule has 0 aliphatic rings. The van der Waals surface area contributed by atoms with Gasteiger partial charge in [-0.2, -0.15) is 0 Å². The Hall–Kier alpha value is -0.900. The molecule has 0 amide bonds. The summed E-state index contributed by atoms with van der Waals surface area (Å²) in [4.78, 5) is 0. The molecule has 0 aromatic heterocycles. The Kier molecular flexibility index (Phi) is 6.19. The standard InChI is InChI=1S/C14H24N2O/c1-2-14(12-15,16-9-6-10-17)11-13-7-4-3-5-8-13/h3-5,7-8,16-17H,2,6,9-12,15H2,1H3. The molecule has 0 aliphatic heterocycles. The molecule has 1 aromatic carbocycles. The number of benzene rings is 1. The highest BCUT2D eigenvalue weighted by molar-refractivity contribution is 5.18. The molecule has 4 N–H and O–H groups in total. The number of hydrogen-bond donors (Lipinski definition) is 3. The summed E-state index contributed by atoms with van der Waals surface area (Å²) in [6.45, 7) is 3.81. The van der Waals surface area contributed by atoms with Crippen LogP contribution in [0.4, 0.5) is 0 Å². The van der Waals surface area contributed by atoms with Crippen molar-refractivity contribution in [2.45, 2.75) is 31.7 Å². The molecule has 1 unspecified atom stereocenters. The molecule has 0 bridgehead atoms. The second-order valence-corrected chi connectivity index (χ2v) is 4.50. The molecule has 96 valence electrons. The maximum absolute atomic E-state index is 8.83. The molecular formula is C14H24N2O. The highest BCUT2D eigenvalue weighted by Gasteiger charge is 2.25. The van der Waals surface area contributed by atoms with Crippen LogP contribution in [0.3, 0.4) is 0 Å². The van der Waals surface area contributed by atoms with Crippen LogP contribution in [-0.2, 0) is 6.42 Å². The van der Waals surface area contributed by atoms with Gasteiger partial charge < -0.3 is 16.2 Å². The minimum atomic E-state index is -0.0451. The Labute approximate surface area is 104 Å². The highest BCUT2D eigenvalue weighted by atomic mass is 16.3. The molecular weight excluding hydrogens is 212 g/mol. The van der Waals surface area contributed by atoms with Crippen molar-refractivity contribution in [3.8, 4) is 0 Å². The summed E-state index contributed by atoms with van der Waals surface area (Å²) in [5, 5.41) is 12.3. The van der Waals surface area contributed by atoms with Gasteiger partial charge in [-0.25, -0.2) is 0 Å². The molecule has 3 nitrogen and oxygen atoms in total. The number of aliphatic hydroxyl groups excluding tert-OH is 1. The van der Waals surface area contributed by atoms with Crippen molar-refractivity contribution in [2.24, 2.45) is 5.73 Å². The first-order chi connectivity index (χ1) is 8.26. The number of nitrogens with one attached hydrogen (secondary N) is 1. The fraction of sp³-hybridized carbons (Fsp3) is 0.571. The van der Waals surface area contributed by atoms with Gasteiger partial charge in [-0.15, -0.1) is 0 Å². The monoisotopic (exact) mass is 236 g/mol. The largest absolute Gasteiger partial charge is 0.396 e. The smallest absolute Gasteiger partial charge is 0.0443 e. The first-order valence-corrected chi connectivity index (χ1v) is 6.36. The van der Waals surface area contributed by atoms with Crippen LogP contribution < -0.4 is 11.1 Å². The van der Waals surface area contributed by atoms with E-state index in [4.69, 9.17) is 10.8 Å². The van der Waals surface area contributed by atoms with Gasteiger partial charge in [-0.3, -0.25) is 0 Å². The molecule has 1 atom stereocenters. The quantitative estimate of drug-likeness (QED) is 0.596. The van der Waals surface area contributed by atoms with Gasteiger partial charge in [0.15, 0.2) is 0 Å². The van der Waals surface area contributed by atoms with Crippen LogP contribution in [0.2, 0.25) is 0 Å². The second-order valence-electron chi connectivity index (χ2n) is 4.50. The minimum Gasteiger partial charge on any atom is -0.396 e. The summed E-state index contributed by atoms with van der Waals surface area (Å²) in [5.41, 5.74) is 7.18. The van der Waals surface area contributed by atoms with E-state index in [-0.39, 0.29) is 12.1 Å². The predicted molar refractivity (Wildman–Crippen MR) is 71.9 cm³/mol.